The van der Waals surface area contributed by atoms with Crippen LogP contribution in [0.1, 0.15) is 56.6 Å². The minimum Gasteiger partial charge on any atom is -0.480 e. The van der Waals surface area contributed by atoms with Gasteiger partial charge in [0, 0.05) is 5.69 Å². The summed E-state index contributed by atoms with van der Waals surface area (Å²) in [6.45, 7) is 9.66. The van der Waals surface area contributed by atoms with E-state index < -0.39 is 12.0 Å². The molecule has 1 heterocycles. The number of hydrogen-bond acceptors (Lipinski definition) is 3. The molecule has 1 amide bonds. The Hall–Kier alpha value is -1.85. The number of aromatic nitrogens is 2. The van der Waals surface area contributed by atoms with Crippen molar-refractivity contribution in [3.63, 3.8) is 0 Å². The van der Waals surface area contributed by atoms with Gasteiger partial charge in [-0.1, -0.05) is 13.3 Å². The van der Waals surface area contributed by atoms with Crippen molar-refractivity contribution in [2.75, 3.05) is 0 Å². The van der Waals surface area contributed by atoms with Crippen molar-refractivity contribution in [2.45, 2.75) is 59.0 Å². The average Bonchev–Trinajstić information content (AvgIpc) is 2.70. The molecule has 112 valence electrons. The molecule has 0 radical (unpaired) electrons. The summed E-state index contributed by atoms with van der Waals surface area (Å²) in [7, 11) is 0. The Bertz CT molecular complexity index is 500. The maximum absolute atomic E-state index is 12.2. The summed E-state index contributed by atoms with van der Waals surface area (Å²) in [5.41, 5.74) is 0.927. The normalized spacial score (nSPS) is 13.1. The van der Waals surface area contributed by atoms with Gasteiger partial charge in [-0.3, -0.25) is 9.48 Å². The van der Waals surface area contributed by atoms with E-state index in [1.807, 2.05) is 34.6 Å². The first kappa shape index (κ1) is 16.2. The topological polar surface area (TPSA) is 84.2 Å². The van der Waals surface area contributed by atoms with E-state index in [-0.39, 0.29) is 11.4 Å². The van der Waals surface area contributed by atoms with Crippen LogP contribution in [0.4, 0.5) is 0 Å². The Morgan fingerprint density at radius 1 is 1.45 bits per heavy atom. The third kappa shape index (κ3) is 3.59. The smallest absolute Gasteiger partial charge is 0.326 e. The van der Waals surface area contributed by atoms with Gasteiger partial charge >= 0.3 is 5.97 Å². The van der Waals surface area contributed by atoms with Crippen molar-refractivity contribution in [1.82, 2.24) is 15.1 Å². The van der Waals surface area contributed by atoms with Gasteiger partial charge in [-0.15, -0.1) is 0 Å². The Labute approximate surface area is 119 Å². The molecule has 0 saturated carbocycles. The molecular formula is C14H23N3O3. The van der Waals surface area contributed by atoms with E-state index in [0.29, 0.717) is 18.4 Å². The van der Waals surface area contributed by atoms with Crippen LogP contribution in [0.15, 0.2) is 6.20 Å². The maximum Gasteiger partial charge on any atom is 0.326 e. The molecule has 0 aliphatic heterocycles. The molecule has 0 fully saturated rings. The zero-order valence-electron chi connectivity index (χ0n) is 12.7. The summed E-state index contributed by atoms with van der Waals surface area (Å²) in [6, 6.07) is -0.857. The molecule has 0 bridgehead atoms. The molecule has 0 saturated heterocycles. The van der Waals surface area contributed by atoms with Crippen molar-refractivity contribution in [1.29, 1.82) is 0 Å². The zero-order chi connectivity index (χ0) is 15.5. The first-order valence-corrected chi connectivity index (χ1v) is 6.77. The number of hydrogen-bond donors (Lipinski definition) is 2. The van der Waals surface area contributed by atoms with Crippen LogP contribution in [0.25, 0.3) is 0 Å². The summed E-state index contributed by atoms with van der Waals surface area (Å²) in [5.74, 6) is -1.40. The van der Waals surface area contributed by atoms with Crippen LogP contribution in [-0.2, 0) is 10.3 Å². The zero-order valence-corrected chi connectivity index (χ0v) is 12.7. The molecule has 1 aromatic heterocycles. The third-order valence-electron chi connectivity index (χ3n) is 3.07. The number of carbonyl (C=O) groups excluding carboxylic acids is 1. The fourth-order valence-corrected chi connectivity index (χ4v) is 2.09. The predicted octanol–water partition coefficient (Wildman–Crippen LogP) is 1.93. The lowest BCUT2D eigenvalue weighted by atomic mass is 10.1. The van der Waals surface area contributed by atoms with Gasteiger partial charge in [0.1, 0.15) is 6.04 Å². The van der Waals surface area contributed by atoms with E-state index in [4.69, 9.17) is 5.11 Å². The summed E-state index contributed by atoms with van der Waals surface area (Å²) in [6.07, 6.45) is 2.59. The molecule has 1 rings (SSSR count). The molecule has 0 aliphatic carbocycles. The second-order valence-corrected chi connectivity index (χ2v) is 5.88. The van der Waals surface area contributed by atoms with Crippen LogP contribution in [0, 0.1) is 6.92 Å². The number of aliphatic carboxylic acids is 1. The first-order valence-electron chi connectivity index (χ1n) is 6.77. The van der Waals surface area contributed by atoms with E-state index in [1.165, 1.54) is 6.20 Å². The van der Waals surface area contributed by atoms with Gasteiger partial charge in [-0.25, -0.2) is 4.79 Å². The number of carboxylic acids is 1. The fraction of sp³-hybridized carbons (Fsp3) is 0.643. The standard InChI is InChI=1S/C14H23N3O3/c1-6-7-11(13(19)20)16-12(18)10-8-15-17(9(10)2)14(3,4)5/h8,11H,6-7H2,1-5H3,(H,16,18)(H,19,20). The molecular weight excluding hydrogens is 258 g/mol. The number of rotatable bonds is 5. The lowest BCUT2D eigenvalue weighted by molar-refractivity contribution is -0.139. The van der Waals surface area contributed by atoms with Crippen LogP contribution < -0.4 is 5.32 Å². The van der Waals surface area contributed by atoms with E-state index in [9.17, 15) is 9.59 Å². The van der Waals surface area contributed by atoms with Gasteiger partial charge in [0.2, 0.25) is 0 Å². The number of nitrogens with one attached hydrogen (secondary N) is 1. The number of amides is 1. The average molecular weight is 281 g/mol. The van der Waals surface area contributed by atoms with Gasteiger partial charge in [0.25, 0.3) is 5.91 Å². The second kappa shape index (κ2) is 6.07. The van der Waals surface area contributed by atoms with Gasteiger partial charge in [0.05, 0.1) is 17.3 Å². The summed E-state index contributed by atoms with van der Waals surface area (Å²) >= 11 is 0. The number of carboxylic acid groups (broad SMARTS) is 1. The van der Waals surface area contributed by atoms with Crippen LogP contribution >= 0.6 is 0 Å². The molecule has 6 nitrogen and oxygen atoms in total. The molecule has 0 aromatic carbocycles. The van der Waals surface area contributed by atoms with E-state index in [2.05, 4.69) is 10.4 Å². The van der Waals surface area contributed by atoms with E-state index in [0.717, 1.165) is 5.69 Å². The quantitative estimate of drug-likeness (QED) is 0.863. The molecule has 0 spiro atoms. The van der Waals surface area contributed by atoms with Gasteiger partial charge in [-0.05, 0) is 34.1 Å². The summed E-state index contributed by atoms with van der Waals surface area (Å²) < 4.78 is 1.76. The van der Waals surface area contributed by atoms with Crippen molar-refractivity contribution in [2.24, 2.45) is 0 Å². The maximum atomic E-state index is 12.2. The van der Waals surface area contributed by atoms with Crippen molar-refractivity contribution in [3.8, 4) is 0 Å². The van der Waals surface area contributed by atoms with Crippen LogP contribution in [0.3, 0.4) is 0 Å². The summed E-state index contributed by atoms with van der Waals surface area (Å²) in [4.78, 5) is 23.2. The minimum atomic E-state index is -1.01. The van der Waals surface area contributed by atoms with Gasteiger partial charge in [-0.2, -0.15) is 5.10 Å². The van der Waals surface area contributed by atoms with Crippen molar-refractivity contribution in [3.05, 3.63) is 17.5 Å². The van der Waals surface area contributed by atoms with Crippen LogP contribution in [-0.4, -0.2) is 32.8 Å². The molecule has 1 aromatic rings. The van der Waals surface area contributed by atoms with Crippen LogP contribution in [0.2, 0.25) is 0 Å². The monoisotopic (exact) mass is 281 g/mol. The van der Waals surface area contributed by atoms with Crippen molar-refractivity contribution >= 4 is 11.9 Å². The fourth-order valence-electron chi connectivity index (χ4n) is 2.09. The number of carbonyl (C=O) groups is 2. The van der Waals surface area contributed by atoms with E-state index >= 15 is 0 Å². The minimum absolute atomic E-state index is 0.224. The van der Waals surface area contributed by atoms with Gasteiger partial charge < -0.3 is 10.4 Å². The third-order valence-corrected chi connectivity index (χ3v) is 3.07. The highest BCUT2D eigenvalue weighted by molar-refractivity contribution is 5.97. The highest BCUT2D eigenvalue weighted by atomic mass is 16.4. The Kier molecular flexibility index (Phi) is 4.92. The lowest BCUT2D eigenvalue weighted by Crippen LogP contribution is -2.40. The molecule has 2 N–H and O–H groups in total. The van der Waals surface area contributed by atoms with E-state index in [1.54, 1.807) is 4.68 Å². The SMILES string of the molecule is CCCC(NC(=O)c1cnn(C(C)(C)C)c1C)C(=O)O. The molecule has 6 heteroatoms. The molecule has 0 aliphatic rings. The highest BCUT2D eigenvalue weighted by Gasteiger charge is 2.24. The Balaban J connectivity index is 2.93. The second-order valence-electron chi connectivity index (χ2n) is 5.88. The largest absolute Gasteiger partial charge is 0.480 e. The number of nitrogens with zero attached hydrogens (tertiary/aromatic N) is 2. The molecule has 1 atom stereocenters. The predicted molar refractivity (Wildman–Crippen MR) is 75.8 cm³/mol. The molecule has 20 heavy (non-hydrogen) atoms. The highest BCUT2D eigenvalue weighted by Crippen LogP contribution is 2.18. The van der Waals surface area contributed by atoms with Crippen LogP contribution in [0.5, 0.6) is 0 Å². The van der Waals surface area contributed by atoms with Crippen molar-refractivity contribution < 1.29 is 14.7 Å². The Morgan fingerprint density at radius 2 is 2.05 bits per heavy atom. The molecule has 1 unspecified atom stereocenters. The van der Waals surface area contributed by atoms with Gasteiger partial charge in [0.15, 0.2) is 0 Å². The summed E-state index contributed by atoms with van der Waals surface area (Å²) in [5, 5.41) is 15.8. The Morgan fingerprint density at radius 3 is 2.45 bits per heavy atom. The first-order chi connectivity index (χ1) is 9.18. The lowest BCUT2D eigenvalue weighted by Gasteiger charge is -2.21.